The number of carboxylic acids is 1. The summed E-state index contributed by atoms with van der Waals surface area (Å²) in [5.41, 5.74) is 17.9. The molecule has 3 aromatic carbocycles. The maximum absolute atomic E-state index is 15.6. The molecule has 0 fully saturated rings. The lowest BCUT2D eigenvalue weighted by Gasteiger charge is -2.33. The number of rotatable bonds is 19. The third kappa shape index (κ3) is 13.5. The van der Waals surface area contributed by atoms with E-state index >= 15 is 4.39 Å². The van der Waals surface area contributed by atoms with Gasteiger partial charge in [0.15, 0.2) is 17.3 Å². The molecule has 390 valence electrons. The molecule has 1 aliphatic heterocycles. The molecule has 1 aliphatic rings. The Hall–Kier alpha value is -7.03. The van der Waals surface area contributed by atoms with Crippen molar-refractivity contribution in [3.05, 3.63) is 82.3 Å². The summed E-state index contributed by atoms with van der Waals surface area (Å²) >= 11 is 0. The monoisotopic (exact) mass is 1020 g/mol. The number of benzene rings is 3. The minimum atomic E-state index is -4.57. The lowest BCUT2D eigenvalue weighted by atomic mass is 9.82. The predicted octanol–water partition coefficient (Wildman–Crippen LogP) is 0.381. The molecule has 5 rings (SSSR count). The number of aliphatic carboxylic acids is 1. The number of nitrogen functional groups attached to an aromatic ring is 1. The molecule has 0 unspecified atom stereocenters. The number of aryl methyl sites for hydroxylation is 1. The first kappa shape index (κ1) is 55.9. The highest BCUT2D eigenvalue weighted by Crippen LogP contribution is 2.45. The summed E-state index contributed by atoms with van der Waals surface area (Å²) < 4.78 is 54.0. The van der Waals surface area contributed by atoms with Gasteiger partial charge < -0.3 is 62.8 Å². The second-order valence-electron chi connectivity index (χ2n) is 17.9. The summed E-state index contributed by atoms with van der Waals surface area (Å²) in [6, 6.07) is 4.84. The molecule has 2 heterocycles. The quantitative estimate of drug-likeness (QED) is 0.0566. The van der Waals surface area contributed by atoms with Gasteiger partial charge in [0.05, 0.1) is 17.9 Å². The van der Waals surface area contributed by atoms with Gasteiger partial charge in [0.25, 0.3) is 16.1 Å². The third-order valence-electron chi connectivity index (χ3n) is 12.2. The van der Waals surface area contributed by atoms with E-state index in [0.717, 1.165) is 23.9 Å². The maximum Gasteiger partial charge on any atom is 0.326 e. The van der Waals surface area contributed by atoms with Gasteiger partial charge in [-0.1, -0.05) is 32.9 Å². The molecule has 0 spiro atoms. The Kier molecular flexibility index (Phi) is 18.2. The summed E-state index contributed by atoms with van der Waals surface area (Å²) in [5, 5.41) is 45.0. The Morgan fingerprint density at radius 2 is 1.71 bits per heavy atom. The number of halogens is 1. The molecule has 0 saturated carbocycles. The van der Waals surface area contributed by atoms with Crippen LogP contribution in [0, 0.1) is 12.7 Å². The van der Waals surface area contributed by atoms with E-state index in [-0.39, 0.29) is 82.4 Å². The predicted molar refractivity (Wildman–Crippen MR) is 262 cm³/mol. The Labute approximate surface area is 415 Å². The summed E-state index contributed by atoms with van der Waals surface area (Å²) in [6.07, 6.45) is -0.392. The second-order valence-corrected chi connectivity index (χ2v) is 19.2. The second kappa shape index (κ2) is 23.5. The van der Waals surface area contributed by atoms with Crippen LogP contribution in [0.3, 0.4) is 0 Å². The topological polar surface area (TPSA) is 380 Å². The molecule has 4 amide bonds. The smallest absolute Gasteiger partial charge is 0.326 e. The van der Waals surface area contributed by atoms with Crippen molar-refractivity contribution in [2.45, 2.75) is 89.6 Å². The number of aromatic nitrogens is 2. The zero-order valence-electron chi connectivity index (χ0n) is 40.6. The number of likely N-dealkylation sites (N-methyl/N-ethyl adjacent to an activating group) is 1. The van der Waals surface area contributed by atoms with E-state index in [1.54, 1.807) is 12.1 Å². The lowest BCUT2D eigenvalue weighted by Crippen LogP contribution is -2.57. The van der Waals surface area contributed by atoms with Crippen LogP contribution in [0.5, 0.6) is 17.2 Å². The number of fused-ring (bicyclic) bond motifs is 5. The van der Waals surface area contributed by atoms with Crippen molar-refractivity contribution >= 4 is 45.6 Å². The molecule has 4 aromatic rings. The number of aromatic hydroxyl groups is 1. The number of nitrogens with two attached hydrogens (primary N) is 4. The highest BCUT2D eigenvalue weighted by Gasteiger charge is 2.38. The summed E-state index contributed by atoms with van der Waals surface area (Å²) in [5.74, 6) is -7.67. The number of carbonyl (C=O) groups excluding carboxylic acids is 4. The summed E-state index contributed by atoms with van der Waals surface area (Å²) in [6.45, 7) is 7.22. The van der Waals surface area contributed by atoms with Crippen molar-refractivity contribution in [2.75, 3.05) is 45.6 Å². The van der Waals surface area contributed by atoms with Crippen molar-refractivity contribution < 1.29 is 61.6 Å². The average molecular weight is 1020 g/mol. The highest BCUT2D eigenvalue weighted by molar-refractivity contribution is 7.87. The van der Waals surface area contributed by atoms with Crippen LogP contribution in [0.4, 0.5) is 10.2 Å². The molecular formula is C47H62FN11O12S. The Balaban J connectivity index is 1.66. The fourth-order valence-electron chi connectivity index (χ4n) is 7.62. The molecule has 1 aromatic heterocycles. The van der Waals surface area contributed by atoms with E-state index in [1.165, 1.54) is 50.2 Å². The van der Waals surface area contributed by atoms with Gasteiger partial charge in [-0.3, -0.25) is 19.2 Å². The van der Waals surface area contributed by atoms with Gasteiger partial charge in [0.2, 0.25) is 17.7 Å². The maximum atomic E-state index is 15.6. The Morgan fingerprint density at radius 1 is 1.00 bits per heavy atom. The number of aliphatic hydroxyl groups is 1. The number of nitrogens with zero attached hydrogens (tertiary/aromatic N) is 3. The number of hydrogen-bond donors (Lipinski definition) is 11. The summed E-state index contributed by atoms with van der Waals surface area (Å²) in [4.78, 5) is 79.1. The lowest BCUT2D eigenvalue weighted by molar-refractivity contribution is -0.143. The fraction of sp³-hybridized carbons (Fsp3) is 0.426. The number of amides is 4. The first-order valence-electron chi connectivity index (χ1n) is 22.8. The number of carbonyl (C=O) groups is 5. The molecule has 23 nitrogen and oxygen atoms in total. The molecule has 0 saturated heterocycles. The van der Waals surface area contributed by atoms with Gasteiger partial charge in [-0.15, -0.1) is 0 Å². The van der Waals surface area contributed by atoms with E-state index in [4.69, 9.17) is 31.8 Å². The molecule has 4 bridgehead atoms. The largest absolute Gasteiger partial charge is 0.504 e. The molecule has 0 radical (unpaired) electrons. The number of carboxylic acid groups (broad SMARTS) is 1. The fourth-order valence-corrected chi connectivity index (χ4v) is 8.02. The van der Waals surface area contributed by atoms with Crippen LogP contribution in [-0.2, 0) is 41.2 Å². The van der Waals surface area contributed by atoms with Crippen molar-refractivity contribution in [3.8, 4) is 39.8 Å². The highest BCUT2D eigenvalue weighted by atomic mass is 32.2. The van der Waals surface area contributed by atoms with Crippen LogP contribution in [0.2, 0.25) is 0 Å². The molecule has 72 heavy (non-hydrogen) atoms. The van der Waals surface area contributed by atoms with Gasteiger partial charge >= 0.3 is 5.97 Å². The number of nitrogens with one attached hydrogen (secondary N) is 4. The SMILES string of the molecule is CCC(C)(C)c1ccc(-c2nc(C)c(C(=O)N[C@@H](CNS(N)(=O)=O)C(=O)N(C)[C@@H]3C(=O)N[C@@H](C)C(=O)N[C@H](C(=O)O)Cc4ccc(OCCCN)c(c4)-c4cc3cc(OC[C@H](O)CN)c4O)c(N)n2)c(F)c1. The molecule has 0 aliphatic carbocycles. The number of phenolic OH excluding ortho intramolecular Hbond substituents is 1. The Morgan fingerprint density at radius 3 is 2.32 bits per heavy atom. The molecule has 15 N–H and O–H groups in total. The van der Waals surface area contributed by atoms with Crippen LogP contribution in [0.1, 0.15) is 79.3 Å². The molecule has 5 atom stereocenters. The van der Waals surface area contributed by atoms with E-state index in [9.17, 15) is 47.7 Å². The van der Waals surface area contributed by atoms with Crippen molar-refractivity contribution in [1.82, 2.24) is 35.5 Å². The summed E-state index contributed by atoms with van der Waals surface area (Å²) in [7, 11) is -3.45. The van der Waals surface area contributed by atoms with Gasteiger partial charge in [-0.2, -0.15) is 13.1 Å². The van der Waals surface area contributed by atoms with Crippen molar-refractivity contribution in [3.63, 3.8) is 0 Å². The standard InChI is InChI=1S/C47H62FN11O12S/c1-7-47(4,5)27-10-11-29(32(48)19-27)41-54-23(2)37(40(51)58-41)43(63)57-34(21-53-72(52,68)69)45(65)59(6)38-26-17-31(39(61)36(18-26)71-22-28(60)20-50)30-15-25(9-12-35(30)70-14-8-13-49)16-33(46(66)67)56-42(62)24(3)55-44(38)64/h9-12,15,17-19,24,28,33-34,38,53,60-61H,7-8,13-14,16,20-22,49-50H2,1-6H3,(H,55,64)(H,56,62)(H,57,63)(H,66,67)(H2,51,54,58)(H2,52,68,69)/t24-,28+,33-,34-,38-/m0/s1. The van der Waals surface area contributed by atoms with Crippen LogP contribution in [0.25, 0.3) is 22.5 Å². The Bertz CT molecular complexity index is 2790. The zero-order chi connectivity index (χ0) is 53.4. The molecular weight excluding hydrogens is 962 g/mol. The van der Waals surface area contributed by atoms with E-state index in [1.807, 2.05) is 25.5 Å². The van der Waals surface area contributed by atoms with Crippen LogP contribution >= 0.6 is 0 Å². The number of hydrogen-bond acceptors (Lipinski definition) is 16. The number of ether oxygens (including phenoxy) is 2. The van der Waals surface area contributed by atoms with Crippen LogP contribution in [-0.4, -0.2) is 132 Å². The molecule has 25 heteroatoms. The van der Waals surface area contributed by atoms with Crippen molar-refractivity contribution in [2.24, 2.45) is 16.6 Å². The number of aliphatic hydroxyl groups excluding tert-OH is 1. The van der Waals surface area contributed by atoms with E-state index in [0.29, 0.717) is 12.0 Å². The van der Waals surface area contributed by atoms with Gasteiger partial charge in [0.1, 0.15) is 59.8 Å². The van der Waals surface area contributed by atoms with Crippen LogP contribution in [0.15, 0.2) is 48.5 Å². The number of phenols is 1. The van der Waals surface area contributed by atoms with E-state index in [2.05, 4.69) is 25.9 Å². The normalized spacial score (nSPS) is 17.1. The minimum absolute atomic E-state index is 0.0148. The minimum Gasteiger partial charge on any atom is -0.504 e. The van der Waals surface area contributed by atoms with E-state index < -0.39 is 101 Å². The third-order valence-corrected chi connectivity index (χ3v) is 12.7. The number of anilines is 1. The first-order valence-corrected chi connectivity index (χ1v) is 24.3. The van der Waals surface area contributed by atoms with Gasteiger partial charge in [-0.05, 0) is 91.7 Å². The zero-order valence-corrected chi connectivity index (χ0v) is 41.4. The van der Waals surface area contributed by atoms with Gasteiger partial charge in [0, 0.05) is 37.7 Å². The van der Waals surface area contributed by atoms with Crippen molar-refractivity contribution in [1.29, 1.82) is 0 Å². The first-order chi connectivity index (χ1) is 33.8. The van der Waals surface area contributed by atoms with Crippen LogP contribution < -0.4 is 52.5 Å². The average Bonchev–Trinajstić information content (AvgIpc) is 3.31. The van der Waals surface area contributed by atoms with Gasteiger partial charge in [-0.25, -0.2) is 24.3 Å².